The number of carbonyl (C=O) groups excluding carboxylic acids is 2. The van der Waals surface area contributed by atoms with E-state index in [2.05, 4.69) is 31.1 Å². The summed E-state index contributed by atoms with van der Waals surface area (Å²) in [5.41, 5.74) is 1.35. The van der Waals surface area contributed by atoms with E-state index < -0.39 is 0 Å². The van der Waals surface area contributed by atoms with Gasteiger partial charge >= 0.3 is 0 Å². The zero-order chi connectivity index (χ0) is 14.7. The third kappa shape index (κ3) is 2.99. The summed E-state index contributed by atoms with van der Waals surface area (Å²) in [6.07, 6.45) is 0.626. The molecule has 5 nitrogen and oxygen atoms in total. The molecule has 0 aromatic heterocycles. The van der Waals surface area contributed by atoms with Crippen LogP contribution in [0.4, 0.5) is 5.69 Å². The van der Waals surface area contributed by atoms with Crippen molar-refractivity contribution in [1.29, 1.82) is 0 Å². The predicted octanol–water partition coefficient (Wildman–Crippen LogP) is 1.42. The lowest BCUT2D eigenvalue weighted by Gasteiger charge is -2.42. The van der Waals surface area contributed by atoms with E-state index in [1.54, 1.807) is 24.3 Å². The van der Waals surface area contributed by atoms with Crippen molar-refractivity contribution in [3.63, 3.8) is 0 Å². The van der Waals surface area contributed by atoms with Crippen molar-refractivity contribution >= 4 is 18.0 Å². The van der Waals surface area contributed by atoms with Gasteiger partial charge in [-0.3, -0.25) is 14.5 Å². The summed E-state index contributed by atoms with van der Waals surface area (Å²) in [4.78, 5) is 27.0. The summed E-state index contributed by atoms with van der Waals surface area (Å²) >= 11 is 0. The van der Waals surface area contributed by atoms with E-state index >= 15 is 0 Å². The molecule has 1 aliphatic rings. The van der Waals surface area contributed by atoms with Crippen LogP contribution in [0.3, 0.4) is 0 Å². The van der Waals surface area contributed by atoms with Crippen LogP contribution in [0.2, 0.25) is 0 Å². The Balaban J connectivity index is 2.09. The Labute approximate surface area is 119 Å². The second-order valence-electron chi connectivity index (χ2n) is 5.41. The van der Waals surface area contributed by atoms with Crippen molar-refractivity contribution in [1.82, 2.24) is 9.80 Å². The van der Waals surface area contributed by atoms with Gasteiger partial charge < -0.3 is 10.2 Å². The molecule has 0 aliphatic carbocycles. The molecule has 1 fully saturated rings. The number of nitrogens with zero attached hydrogens (tertiary/aromatic N) is 2. The summed E-state index contributed by atoms with van der Waals surface area (Å²) in [5, 5.41) is 2.56. The standard InChI is InChI=1S/C15H21N3O2/c1-11-8-18(9-12(2)17(11)3)15(20)13-4-6-14(7-5-13)16-10-19/h4-7,10-12H,8-9H2,1-3H3,(H,16,19)/t11-,12+. The molecule has 1 saturated heterocycles. The molecule has 1 N–H and O–H groups in total. The number of hydrogen-bond donors (Lipinski definition) is 1. The van der Waals surface area contributed by atoms with Gasteiger partial charge in [-0.1, -0.05) is 0 Å². The second kappa shape index (κ2) is 6.05. The molecule has 1 aromatic carbocycles. The highest BCUT2D eigenvalue weighted by molar-refractivity contribution is 5.95. The van der Waals surface area contributed by atoms with Gasteiger partial charge in [0, 0.05) is 36.4 Å². The van der Waals surface area contributed by atoms with Crippen LogP contribution in [0.25, 0.3) is 0 Å². The van der Waals surface area contributed by atoms with Crippen LogP contribution >= 0.6 is 0 Å². The fraction of sp³-hybridized carbons (Fsp3) is 0.467. The first-order chi connectivity index (χ1) is 9.52. The lowest BCUT2D eigenvalue weighted by molar-refractivity contribution is -0.105. The first-order valence-corrected chi connectivity index (χ1v) is 6.84. The minimum Gasteiger partial charge on any atom is -0.336 e. The molecule has 1 aliphatic heterocycles. The van der Waals surface area contributed by atoms with E-state index in [0.29, 0.717) is 29.7 Å². The molecule has 2 rings (SSSR count). The minimum absolute atomic E-state index is 0.0504. The number of amides is 2. The lowest BCUT2D eigenvalue weighted by Crippen LogP contribution is -2.56. The van der Waals surface area contributed by atoms with Gasteiger partial charge in [-0.05, 0) is 45.2 Å². The largest absolute Gasteiger partial charge is 0.336 e. The van der Waals surface area contributed by atoms with E-state index in [9.17, 15) is 9.59 Å². The van der Waals surface area contributed by atoms with Gasteiger partial charge in [0.05, 0.1) is 0 Å². The summed E-state index contributed by atoms with van der Waals surface area (Å²) < 4.78 is 0. The van der Waals surface area contributed by atoms with Crippen molar-refractivity contribution in [3.05, 3.63) is 29.8 Å². The summed E-state index contributed by atoms with van der Waals surface area (Å²) in [5.74, 6) is 0.0504. The Morgan fingerprint density at radius 1 is 1.20 bits per heavy atom. The van der Waals surface area contributed by atoms with E-state index in [-0.39, 0.29) is 5.91 Å². The van der Waals surface area contributed by atoms with Crippen LogP contribution in [0.1, 0.15) is 24.2 Å². The maximum absolute atomic E-state index is 12.5. The van der Waals surface area contributed by atoms with Gasteiger partial charge in [-0.2, -0.15) is 0 Å². The molecule has 1 heterocycles. The molecule has 1 aromatic rings. The molecule has 0 spiro atoms. The molecular formula is C15H21N3O2. The van der Waals surface area contributed by atoms with Gasteiger partial charge in [0.2, 0.25) is 6.41 Å². The minimum atomic E-state index is 0.0504. The SMILES string of the molecule is C[C@@H]1CN(C(=O)c2ccc(NC=O)cc2)C[C@H](C)N1C. The van der Waals surface area contributed by atoms with E-state index in [1.165, 1.54) is 0 Å². The van der Waals surface area contributed by atoms with Crippen molar-refractivity contribution in [2.75, 3.05) is 25.5 Å². The molecule has 0 radical (unpaired) electrons. The highest BCUT2D eigenvalue weighted by Crippen LogP contribution is 2.17. The number of piperazine rings is 1. The van der Waals surface area contributed by atoms with Crippen LogP contribution < -0.4 is 5.32 Å². The average Bonchev–Trinajstić information content (AvgIpc) is 2.44. The second-order valence-corrected chi connectivity index (χ2v) is 5.41. The zero-order valence-electron chi connectivity index (χ0n) is 12.2. The number of rotatable bonds is 3. The third-order valence-electron chi connectivity index (χ3n) is 4.00. The molecule has 20 heavy (non-hydrogen) atoms. The van der Waals surface area contributed by atoms with Gasteiger partial charge in [0.1, 0.15) is 0 Å². The Morgan fingerprint density at radius 2 is 1.75 bits per heavy atom. The van der Waals surface area contributed by atoms with Gasteiger partial charge in [-0.25, -0.2) is 0 Å². The fourth-order valence-corrected chi connectivity index (χ4v) is 2.53. The van der Waals surface area contributed by atoms with Crippen LogP contribution in [-0.2, 0) is 4.79 Å². The third-order valence-corrected chi connectivity index (χ3v) is 4.00. The number of benzene rings is 1. The number of likely N-dealkylation sites (N-methyl/N-ethyl adjacent to an activating group) is 1. The van der Waals surface area contributed by atoms with E-state index in [0.717, 1.165) is 13.1 Å². The maximum Gasteiger partial charge on any atom is 0.253 e. The monoisotopic (exact) mass is 275 g/mol. The Kier molecular flexibility index (Phi) is 4.39. The molecule has 0 unspecified atom stereocenters. The molecule has 108 valence electrons. The number of carbonyl (C=O) groups is 2. The van der Waals surface area contributed by atoms with Crippen molar-refractivity contribution in [2.24, 2.45) is 0 Å². The Morgan fingerprint density at radius 3 is 2.25 bits per heavy atom. The summed E-state index contributed by atoms with van der Waals surface area (Å²) in [6.45, 7) is 5.75. The number of hydrogen-bond acceptors (Lipinski definition) is 3. The van der Waals surface area contributed by atoms with Crippen LogP contribution in [0.5, 0.6) is 0 Å². The van der Waals surface area contributed by atoms with Crippen LogP contribution in [-0.4, -0.2) is 54.3 Å². The number of anilines is 1. The first-order valence-electron chi connectivity index (χ1n) is 6.84. The van der Waals surface area contributed by atoms with Crippen LogP contribution in [0, 0.1) is 0 Å². The van der Waals surface area contributed by atoms with E-state index in [4.69, 9.17) is 0 Å². The molecule has 2 atom stereocenters. The maximum atomic E-state index is 12.5. The first kappa shape index (κ1) is 14.5. The smallest absolute Gasteiger partial charge is 0.253 e. The highest BCUT2D eigenvalue weighted by atomic mass is 16.2. The average molecular weight is 275 g/mol. The van der Waals surface area contributed by atoms with Crippen LogP contribution in [0.15, 0.2) is 24.3 Å². The molecule has 0 saturated carbocycles. The molecule has 5 heteroatoms. The molecule has 2 amide bonds. The summed E-state index contributed by atoms with van der Waals surface area (Å²) in [7, 11) is 2.09. The highest BCUT2D eigenvalue weighted by Gasteiger charge is 2.29. The summed E-state index contributed by atoms with van der Waals surface area (Å²) in [6, 6.07) is 7.70. The molecule has 0 bridgehead atoms. The molecular weight excluding hydrogens is 254 g/mol. The normalized spacial score (nSPS) is 23.4. The van der Waals surface area contributed by atoms with Gasteiger partial charge in [0.25, 0.3) is 5.91 Å². The van der Waals surface area contributed by atoms with Gasteiger partial charge in [0.15, 0.2) is 0 Å². The quantitative estimate of drug-likeness (QED) is 0.849. The lowest BCUT2D eigenvalue weighted by atomic mass is 10.1. The fourth-order valence-electron chi connectivity index (χ4n) is 2.53. The zero-order valence-corrected chi connectivity index (χ0v) is 12.2. The topological polar surface area (TPSA) is 52.7 Å². The van der Waals surface area contributed by atoms with Crippen molar-refractivity contribution in [3.8, 4) is 0 Å². The Bertz CT molecular complexity index is 474. The van der Waals surface area contributed by atoms with Crippen molar-refractivity contribution in [2.45, 2.75) is 25.9 Å². The van der Waals surface area contributed by atoms with E-state index in [1.807, 2.05) is 4.90 Å². The van der Waals surface area contributed by atoms with Gasteiger partial charge in [-0.15, -0.1) is 0 Å². The predicted molar refractivity (Wildman–Crippen MR) is 78.7 cm³/mol. The number of nitrogens with one attached hydrogen (secondary N) is 1. The Hall–Kier alpha value is -1.88. The van der Waals surface area contributed by atoms with Crippen molar-refractivity contribution < 1.29 is 9.59 Å².